The van der Waals surface area contributed by atoms with Crippen molar-refractivity contribution in [1.29, 1.82) is 0 Å². The van der Waals surface area contributed by atoms with Crippen LogP contribution in [0.4, 0.5) is 0 Å². The van der Waals surface area contributed by atoms with Gasteiger partial charge in [0.2, 0.25) is 5.91 Å². The van der Waals surface area contributed by atoms with Crippen molar-refractivity contribution in [2.75, 3.05) is 6.61 Å². The third kappa shape index (κ3) is 11.7. The monoisotopic (exact) mass is 299 g/mol. The van der Waals surface area contributed by atoms with Gasteiger partial charge >= 0.3 is 0 Å². The predicted octanol–water partition coefficient (Wildman–Crippen LogP) is 4.69. The molecule has 0 heterocycles. The van der Waals surface area contributed by atoms with Crippen LogP contribution in [-0.4, -0.2) is 23.7 Å². The maximum atomic E-state index is 11.1. The quantitative estimate of drug-likeness (QED) is 0.601. The van der Waals surface area contributed by atoms with Gasteiger partial charge in [-0.25, -0.2) is 0 Å². The van der Waals surface area contributed by atoms with E-state index < -0.39 is 0 Å². The van der Waals surface area contributed by atoms with Gasteiger partial charge in [-0.15, -0.1) is 0 Å². The van der Waals surface area contributed by atoms with Crippen molar-refractivity contribution < 1.29 is 9.53 Å². The van der Waals surface area contributed by atoms with Gasteiger partial charge in [0.25, 0.3) is 0 Å². The first-order chi connectivity index (χ1) is 9.58. The highest BCUT2D eigenvalue weighted by molar-refractivity contribution is 5.73. The Kier molecular flexibility index (Phi) is 9.19. The third-order valence-electron chi connectivity index (χ3n) is 4.02. The summed E-state index contributed by atoms with van der Waals surface area (Å²) in [7, 11) is 0. The number of unbranched alkanes of at least 4 members (excludes halogenated alkanes) is 1. The summed E-state index contributed by atoms with van der Waals surface area (Å²) in [6.07, 6.45) is 7.08. The van der Waals surface area contributed by atoms with Gasteiger partial charge < -0.3 is 10.1 Å². The molecule has 0 aromatic heterocycles. The van der Waals surface area contributed by atoms with Crippen LogP contribution in [0.15, 0.2) is 0 Å². The summed E-state index contributed by atoms with van der Waals surface area (Å²) in [5, 5.41) is 2.96. The van der Waals surface area contributed by atoms with Crippen LogP contribution < -0.4 is 5.32 Å². The Balaban J connectivity index is 3.99. The van der Waals surface area contributed by atoms with Crippen molar-refractivity contribution in [3.05, 3.63) is 0 Å². The topological polar surface area (TPSA) is 38.3 Å². The van der Waals surface area contributed by atoms with Gasteiger partial charge in [0.05, 0.1) is 5.60 Å². The van der Waals surface area contributed by atoms with Crippen LogP contribution in [0.2, 0.25) is 0 Å². The standard InChI is InChI=1S/C18H37NO2/c1-8-9-10-15(2)11-12-18(6,7)21-14-13-17(4,5)19-16(3)20/h15H,8-14H2,1-7H3,(H,19,20). The molecule has 0 fully saturated rings. The molecule has 0 saturated carbocycles. The molecule has 3 nitrogen and oxygen atoms in total. The minimum atomic E-state index is -0.198. The highest BCUT2D eigenvalue weighted by Crippen LogP contribution is 2.23. The Morgan fingerprint density at radius 1 is 1.14 bits per heavy atom. The highest BCUT2D eigenvalue weighted by Gasteiger charge is 2.23. The van der Waals surface area contributed by atoms with Crippen molar-refractivity contribution in [3.63, 3.8) is 0 Å². The molecule has 0 aliphatic heterocycles. The highest BCUT2D eigenvalue weighted by atomic mass is 16.5. The fourth-order valence-electron chi connectivity index (χ4n) is 2.48. The first-order valence-electron chi connectivity index (χ1n) is 8.50. The molecule has 3 heteroatoms. The molecule has 0 aliphatic rings. The van der Waals surface area contributed by atoms with E-state index in [1.807, 2.05) is 13.8 Å². The van der Waals surface area contributed by atoms with Gasteiger partial charge in [0.1, 0.15) is 0 Å². The number of carbonyl (C=O) groups excluding carboxylic acids is 1. The molecule has 0 radical (unpaired) electrons. The van der Waals surface area contributed by atoms with E-state index in [9.17, 15) is 4.79 Å². The summed E-state index contributed by atoms with van der Waals surface area (Å²) in [5.41, 5.74) is -0.275. The van der Waals surface area contributed by atoms with Gasteiger partial charge in [-0.3, -0.25) is 4.79 Å². The van der Waals surface area contributed by atoms with E-state index in [1.54, 1.807) is 6.92 Å². The summed E-state index contributed by atoms with van der Waals surface area (Å²) >= 11 is 0. The lowest BCUT2D eigenvalue weighted by molar-refractivity contribution is -0.120. The van der Waals surface area contributed by atoms with Gasteiger partial charge in [-0.1, -0.05) is 33.1 Å². The zero-order chi connectivity index (χ0) is 16.5. The summed E-state index contributed by atoms with van der Waals surface area (Å²) < 4.78 is 6.05. The van der Waals surface area contributed by atoms with Crippen molar-refractivity contribution in [3.8, 4) is 0 Å². The lowest BCUT2D eigenvalue weighted by Crippen LogP contribution is -2.43. The second-order valence-corrected chi connectivity index (χ2v) is 7.71. The van der Waals surface area contributed by atoms with Crippen molar-refractivity contribution in [2.24, 2.45) is 5.92 Å². The fraction of sp³-hybridized carbons (Fsp3) is 0.944. The van der Waals surface area contributed by atoms with Gasteiger partial charge in [0.15, 0.2) is 0 Å². The molecule has 0 rings (SSSR count). The number of hydrogen-bond acceptors (Lipinski definition) is 2. The fourth-order valence-corrected chi connectivity index (χ4v) is 2.48. The predicted molar refractivity (Wildman–Crippen MR) is 90.5 cm³/mol. The lowest BCUT2D eigenvalue weighted by Gasteiger charge is -2.30. The Hall–Kier alpha value is -0.570. The molecule has 0 bridgehead atoms. The number of rotatable bonds is 11. The molecular weight excluding hydrogens is 262 g/mol. The van der Waals surface area contributed by atoms with Crippen LogP contribution in [0, 0.1) is 5.92 Å². The molecule has 0 spiro atoms. The lowest BCUT2D eigenvalue weighted by atomic mass is 9.92. The van der Waals surface area contributed by atoms with Crippen molar-refractivity contribution >= 4 is 5.91 Å². The van der Waals surface area contributed by atoms with E-state index in [1.165, 1.54) is 25.7 Å². The maximum absolute atomic E-state index is 11.1. The summed E-state index contributed by atoms with van der Waals surface area (Å²) in [5.74, 6) is 0.799. The summed E-state index contributed by atoms with van der Waals surface area (Å²) in [6.45, 7) is 15.3. The van der Waals surface area contributed by atoms with Crippen LogP contribution in [-0.2, 0) is 9.53 Å². The second kappa shape index (κ2) is 9.45. The van der Waals surface area contributed by atoms with Gasteiger partial charge in [-0.05, 0) is 52.9 Å². The van der Waals surface area contributed by atoms with Crippen LogP contribution >= 0.6 is 0 Å². The minimum Gasteiger partial charge on any atom is -0.375 e. The third-order valence-corrected chi connectivity index (χ3v) is 4.02. The Morgan fingerprint density at radius 2 is 1.76 bits per heavy atom. The Morgan fingerprint density at radius 3 is 2.29 bits per heavy atom. The molecule has 0 saturated heterocycles. The van der Waals surface area contributed by atoms with E-state index in [4.69, 9.17) is 4.74 Å². The first-order valence-corrected chi connectivity index (χ1v) is 8.50. The molecule has 0 aliphatic carbocycles. The van der Waals surface area contributed by atoms with E-state index in [0.29, 0.717) is 6.61 Å². The molecule has 126 valence electrons. The number of amides is 1. The Labute approximate surface area is 132 Å². The normalized spacial score (nSPS) is 14.0. The molecule has 21 heavy (non-hydrogen) atoms. The van der Waals surface area contributed by atoms with E-state index in [0.717, 1.165) is 18.8 Å². The van der Waals surface area contributed by atoms with Crippen molar-refractivity contribution in [2.45, 2.75) is 98.1 Å². The summed E-state index contributed by atoms with van der Waals surface area (Å²) in [4.78, 5) is 11.1. The Bertz CT molecular complexity index is 298. The number of nitrogens with one attached hydrogen (secondary N) is 1. The van der Waals surface area contributed by atoms with Gasteiger partial charge in [-0.2, -0.15) is 0 Å². The van der Waals surface area contributed by atoms with Crippen LogP contribution in [0.1, 0.15) is 87.0 Å². The van der Waals surface area contributed by atoms with Crippen LogP contribution in [0.3, 0.4) is 0 Å². The molecule has 1 unspecified atom stereocenters. The number of ether oxygens (including phenoxy) is 1. The molecule has 1 atom stereocenters. The molecule has 1 amide bonds. The van der Waals surface area contributed by atoms with Crippen LogP contribution in [0.25, 0.3) is 0 Å². The zero-order valence-corrected chi connectivity index (χ0v) is 15.3. The average Bonchev–Trinajstić information content (AvgIpc) is 2.31. The van der Waals surface area contributed by atoms with E-state index >= 15 is 0 Å². The number of hydrogen-bond donors (Lipinski definition) is 1. The minimum absolute atomic E-state index is 0.0176. The zero-order valence-electron chi connectivity index (χ0n) is 15.3. The average molecular weight is 299 g/mol. The van der Waals surface area contributed by atoms with Crippen LogP contribution in [0.5, 0.6) is 0 Å². The largest absolute Gasteiger partial charge is 0.375 e. The van der Waals surface area contributed by atoms with E-state index in [-0.39, 0.29) is 17.0 Å². The smallest absolute Gasteiger partial charge is 0.217 e. The summed E-state index contributed by atoms with van der Waals surface area (Å²) in [6, 6.07) is 0. The first kappa shape index (κ1) is 20.4. The van der Waals surface area contributed by atoms with E-state index in [2.05, 4.69) is 33.0 Å². The molecular formula is C18H37NO2. The molecule has 0 aromatic carbocycles. The molecule has 1 N–H and O–H groups in total. The van der Waals surface area contributed by atoms with Crippen molar-refractivity contribution in [1.82, 2.24) is 5.32 Å². The number of carbonyl (C=O) groups is 1. The molecule has 0 aromatic rings. The second-order valence-electron chi connectivity index (χ2n) is 7.71. The maximum Gasteiger partial charge on any atom is 0.217 e. The van der Waals surface area contributed by atoms with Gasteiger partial charge in [0, 0.05) is 19.1 Å². The SMILES string of the molecule is CCCCC(C)CCC(C)(C)OCCC(C)(C)NC(C)=O.